The molecule has 2 heterocycles. The van der Waals surface area contributed by atoms with Crippen LogP contribution in [0.3, 0.4) is 0 Å². The molecule has 3 rings (SSSR count). The van der Waals surface area contributed by atoms with E-state index in [1.807, 2.05) is 0 Å². The van der Waals surface area contributed by atoms with Crippen molar-refractivity contribution in [3.8, 4) is 45.7 Å². The van der Waals surface area contributed by atoms with E-state index in [2.05, 4.69) is 11.1 Å². The average molecular weight is 351 g/mol. The van der Waals surface area contributed by atoms with Gasteiger partial charge < -0.3 is 24.4 Å². The van der Waals surface area contributed by atoms with Crippen molar-refractivity contribution >= 4 is 5.82 Å². The maximum atomic E-state index is 9.45. The third kappa shape index (κ3) is 2.78. The molecule has 3 aromatic rings. The van der Waals surface area contributed by atoms with Crippen LogP contribution >= 0.6 is 0 Å². The van der Waals surface area contributed by atoms with Gasteiger partial charge in [-0.3, -0.25) is 0 Å². The molecule has 0 aliphatic rings. The molecule has 0 spiro atoms. The maximum absolute atomic E-state index is 9.45. The molecule has 0 bridgehead atoms. The number of benzene rings is 1. The zero-order valence-electron chi connectivity index (χ0n) is 14.6. The molecule has 1 aromatic carbocycles. The molecule has 0 aliphatic carbocycles. The quantitative estimate of drug-likeness (QED) is 0.750. The SMILES string of the molecule is COc1ccc(-c2cc(-c3ccoc3)c(C#N)c(N)n2)c(OC)c1OC. The van der Waals surface area contributed by atoms with Gasteiger partial charge in [0.25, 0.3) is 0 Å². The average Bonchev–Trinajstić information content (AvgIpc) is 3.20. The number of hydrogen-bond donors (Lipinski definition) is 1. The normalized spacial score (nSPS) is 10.2. The van der Waals surface area contributed by atoms with Crippen LogP contribution in [-0.2, 0) is 0 Å². The number of ether oxygens (including phenoxy) is 3. The first-order valence-electron chi connectivity index (χ1n) is 7.67. The monoisotopic (exact) mass is 351 g/mol. The Hall–Kier alpha value is -3.66. The van der Waals surface area contributed by atoms with Crippen LogP contribution in [0.1, 0.15) is 5.56 Å². The van der Waals surface area contributed by atoms with Crippen molar-refractivity contribution in [2.75, 3.05) is 27.1 Å². The molecule has 132 valence electrons. The van der Waals surface area contributed by atoms with Crippen LogP contribution in [0.4, 0.5) is 5.82 Å². The fraction of sp³-hybridized carbons (Fsp3) is 0.158. The number of nitriles is 1. The molecule has 26 heavy (non-hydrogen) atoms. The Morgan fingerprint density at radius 1 is 1.04 bits per heavy atom. The van der Waals surface area contributed by atoms with Gasteiger partial charge in [-0.05, 0) is 24.3 Å². The first-order valence-corrected chi connectivity index (χ1v) is 7.67. The molecule has 2 N–H and O–H groups in total. The van der Waals surface area contributed by atoms with Gasteiger partial charge in [0.15, 0.2) is 11.5 Å². The Morgan fingerprint density at radius 3 is 2.38 bits per heavy atom. The summed E-state index contributed by atoms with van der Waals surface area (Å²) in [5, 5.41) is 9.45. The van der Waals surface area contributed by atoms with E-state index in [-0.39, 0.29) is 11.4 Å². The van der Waals surface area contributed by atoms with E-state index in [4.69, 9.17) is 24.4 Å². The Balaban J connectivity index is 2.27. The smallest absolute Gasteiger partial charge is 0.203 e. The van der Waals surface area contributed by atoms with Crippen LogP contribution in [0.2, 0.25) is 0 Å². The number of nitrogens with zero attached hydrogens (tertiary/aromatic N) is 2. The second-order valence-corrected chi connectivity index (χ2v) is 5.32. The lowest BCUT2D eigenvalue weighted by atomic mass is 10.00. The van der Waals surface area contributed by atoms with Crippen molar-refractivity contribution < 1.29 is 18.6 Å². The van der Waals surface area contributed by atoms with Crippen molar-refractivity contribution in [3.05, 3.63) is 42.4 Å². The first-order chi connectivity index (χ1) is 12.6. The standard InChI is InChI=1S/C19H17N3O4/c1-23-16-5-4-12(17(24-2)18(16)25-3)15-8-13(11-6-7-26-10-11)14(9-20)19(21)22-15/h4-8,10H,1-3H3,(H2,21,22). The second-order valence-electron chi connectivity index (χ2n) is 5.32. The second kappa shape index (κ2) is 7.07. The lowest BCUT2D eigenvalue weighted by Crippen LogP contribution is -2.01. The molecule has 0 atom stereocenters. The van der Waals surface area contributed by atoms with E-state index < -0.39 is 0 Å². The van der Waals surface area contributed by atoms with E-state index in [1.165, 1.54) is 20.5 Å². The van der Waals surface area contributed by atoms with E-state index >= 15 is 0 Å². The molecular formula is C19H17N3O4. The van der Waals surface area contributed by atoms with Gasteiger partial charge in [-0.25, -0.2) is 4.98 Å². The number of aromatic nitrogens is 1. The minimum absolute atomic E-state index is 0.123. The van der Waals surface area contributed by atoms with Crippen LogP contribution in [0, 0.1) is 11.3 Å². The minimum Gasteiger partial charge on any atom is -0.493 e. The highest BCUT2D eigenvalue weighted by atomic mass is 16.5. The predicted molar refractivity (Wildman–Crippen MR) is 96.2 cm³/mol. The first kappa shape index (κ1) is 17.2. The van der Waals surface area contributed by atoms with Gasteiger partial charge in [0, 0.05) is 16.7 Å². The largest absolute Gasteiger partial charge is 0.493 e. The summed E-state index contributed by atoms with van der Waals surface area (Å²) < 4.78 is 21.4. The number of methoxy groups -OCH3 is 3. The summed E-state index contributed by atoms with van der Waals surface area (Å²) in [5.41, 5.74) is 8.87. The highest BCUT2D eigenvalue weighted by Crippen LogP contribution is 2.44. The van der Waals surface area contributed by atoms with E-state index in [1.54, 1.807) is 37.6 Å². The summed E-state index contributed by atoms with van der Waals surface area (Å²) in [4.78, 5) is 4.37. The molecule has 0 aliphatic heterocycles. The van der Waals surface area contributed by atoms with Gasteiger partial charge >= 0.3 is 0 Å². The highest BCUT2D eigenvalue weighted by Gasteiger charge is 2.20. The number of pyridine rings is 1. The highest BCUT2D eigenvalue weighted by molar-refractivity contribution is 5.82. The summed E-state index contributed by atoms with van der Waals surface area (Å²) >= 11 is 0. The zero-order chi connectivity index (χ0) is 18.7. The Kier molecular flexibility index (Phi) is 4.67. The van der Waals surface area contributed by atoms with Crippen molar-refractivity contribution in [1.82, 2.24) is 4.98 Å². The molecule has 0 unspecified atom stereocenters. The van der Waals surface area contributed by atoms with Crippen LogP contribution in [-0.4, -0.2) is 26.3 Å². The number of furan rings is 1. The van der Waals surface area contributed by atoms with E-state index in [9.17, 15) is 5.26 Å². The van der Waals surface area contributed by atoms with Crippen LogP contribution in [0.15, 0.2) is 41.2 Å². The minimum atomic E-state index is 0.123. The Bertz CT molecular complexity index is 975. The van der Waals surface area contributed by atoms with Crippen LogP contribution in [0.25, 0.3) is 22.4 Å². The molecular weight excluding hydrogens is 334 g/mol. The molecule has 0 saturated heterocycles. The molecule has 7 heteroatoms. The van der Waals surface area contributed by atoms with Gasteiger partial charge in [-0.15, -0.1) is 0 Å². The maximum Gasteiger partial charge on any atom is 0.203 e. The fourth-order valence-electron chi connectivity index (χ4n) is 2.77. The number of anilines is 1. The Morgan fingerprint density at radius 2 is 1.81 bits per heavy atom. The topological polar surface area (TPSA) is 104 Å². The number of rotatable bonds is 5. The summed E-state index contributed by atoms with van der Waals surface area (Å²) in [5.74, 6) is 1.56. The van der Waals surface area contributed by atoms with E-state index in [0.29, 0.717) is 34.1 Å². The van der Waals surface area contributed by atoms with Gasteiger partial charge in [-0.2, -0.15) is 5.26 Å². The van der Waals surface area contributed by atoms with Gasteiger partial charge in [0.05, 0.1) is 39.5 Å². The lowest BCUT2D eigenvalue weighted by Gasteiger charge is -2.16. The van der Waals surface area contributed by atoms with Crippen molar-refractivity contribution in [2.24, 2.45) is 0 Å². The lowest BCUT2D eigenvalue weighted by molar-refractivity contribution is 0.325. The number of hydrogen-bond acceptors (Lipinski definition) is 7. The third-order valence-electron chi connectivity index (χ3n) is 3.97. The van der Waals surface area contributed by atoms with Crippen LogP contribution in [0.5, 0.6) is 17.2 Å². The molecule has 0 radical (unpaired) electrons. The van der Waals surface area contributed by atoms with E-state index in [0.717, 1.165) is 5.56 Å². The predicted octanol–water partition coefficient (Wildman–Crippen LogP) is 3.49. The van der Waals surface area contributed by atoms with Crippen molar-refractivity contribution in [2.45, 2.75) is 0 Å². The van der Waals surface area contributed by atoms with Crippen molar-refractivity contribution in [1.29, 1.82) is 5.26 Å². The number of nitrogens with two attached hydrogens (primary N) is 1. The fourth-order valence-corrected chi connectivity index (χ4v) is 2.77. The Labute approximate surface area is 150 Å². The third-order valence-corrected chi connectivity index (χ3v) is 3.97. The molecule has 7 nitrogen and oxygen atoms in total. The number of nitrogen functional groups attached to an aromatic ring is 1. The molecule has 0 saturated carbocycles. The van der Waals surface area contributed by atoms with Gasteiger partial charge in [-0.1, -0.05) is 0 Å². The molecule has 0 amide bonds. The van der Waals surface area contributed by atoms with Crippen LogP contribution < -0.4 is 19.9 Å². The summed E-state index contributed by atoms with van der Waals surface area (Å²) in [7, 11) is 4.61. The van der Waals surface area contributed by atoms with Gasteiger partial charge in [0.2, 0.25) is 5.75 Å². The molecule has 2 aromatic heterocycles. The summed E-state index contributed by atoms with van der Waals surface area (Å²) in [6, 6.07) is 9.17. The molecule has 0 fully saturated rings. The van der Waals surface area contributed by atoms with Gasteiger partial charge in [0.1, 0.15) is 17.5 Å². The zero-order valence-corrected chi connectivity index (χ0v) is 14.6. The van der Waals surface area contributed by atoms with Crippen molar-refractivity contribution in [3.63, 3.8) is 0 Å². The summed E-state index contributed by atoms with van der Waals surface area (Å²) in [6.07, 6.45) is 3.08. The summed E-state index contributed by atoms with van der Waals surface area (Å²) in [6.45, 7) is 0.